The van der Waals surface area contributed by atoms with Gasteiger partial charge in [-0.1, -0.05) is 24.4 Å². The predicted molar refractivity (Wildman–Crippen MR) is 126 cm³/mol. The van der Waals surface area contributed by atoms with E-state index in [9.17, 15) is 9.59 Å². The molecule has 7 nitrogen and oxygen atoms in total. The van der Waals surface area contributed by atoms with Gasteiger partial charge in [-0.05, 0) is 56.2 Å². The van der Waals surface area contributed by atoms with Crippen LogP contribution in [0.3, 0.4) is 0 Å². The predicted octanol–water partition coefficient (Wildman–Crippen LogP) is 4.91. The number of aromatic nitrogens is 2. The summed E-state index contributed by atoms with van der Waals surface area (Å²) in [6.07, 6.45) is 7.44. The second kappa shape index (κ2) is 10.8. The van der Waals surface area contributed by atoms with Crippen molar-refractivity contribution in [2.45, 2.75) is 45.4 Å². The number of halogens is 1. The Morgan fingerprint density at radius 1 is 1.22 bits per heavy atom. The Kier molecular flexibility index (Phi) is 8.07. The first kappa shape index (κ1) is 24.0. The lowest BCUT2D eigenvalue weighted by atomic mass is 9.75. The summed E-state index contributed by atoms with van der Waals surface area (Å²) >= 11 is 6.43. The van der Waals surface area contributed by atoms with Crippen molar-refractivity contribution >= 4 is 34.9 Å². The van der Waals surface area contributed by atoms with E-state index in [1.54, 1.807) is 52.5 Å². The van der Waals surface area contributed by atoms with Crippen LogP contribution in [-0.4, -0.2) is 47.8 Å². The molecule has 2 aromatic rings. The number of hydrogen-bond donors (Lipinski definition) is 1. The van der Waals surface area contributed by atoms with Gasteiger partial charge >= 0.3 is 0 Å². The van der Waals surface area contributed by atoms with Crippen molar-refractivity contribution in [3.05, 3.63) is 40.7 Å². The third-order valence-corrected chi connectivity index (χ3v) is 6.31. The SMILES string of the molecule is COc1cc(C(=O)N(C)C)ccc1Nc1ncc(Cl)c(C[C@@H]2CCCC[C@H]2CC(C)=O)n1. The van der Waals surface area contributed by atoms with Crippen molar-refractivity contribution in [3.63, 3.8) is 0 Å². The van der Waals surface area contributed by atoms with Crippen molar-refractivity contribution < 1.29 is 14.3 Å². The molecule has 0 radical (unpaired) electrons. The maximum Gasteiger partial charge on any atom is 0.253 e. The molecule has 1 aromatic heterocycles. The van der Waals surface area contributed by atoms with Gasteiger partial charge in [0.1, 0.15) is 11.5 Å². The molecule has 1 saturated carbocycles. The van der Waals surface area contributed by atoms with E-state index in [0.717, 1.165) is 25.0 Å². The molecular weight excluding hydrogens is 428 g/mol. The van der Waals surface area contributed by atoms with E-state index in [4.69, 9.17) is 16.3 Å². The molecule has 0 saturated heterocycles. The molecular formula is C24H31ClN4O3. The van der Waals surface area contributed by atoms with Crippen molar-refractivity contribution in [3.8, 4) is 5.75 Å². The summed E-state index contributed by atoms with van der Waals surface area (Å²) in [5, 5.41) is 3.71. The molecule has 0 spiro atoms. The molecule has 1 heterocycles. The van der Waals surface area contributed by atoms with E-state index < -0.39 is 0 Å². The van der Waals surface area contributed by atoms with E-state index in [0.29, 0.717) is 46.2 Å². The number of anilines is 2. The highest BCUT2D eigenvalue weighted by Crippen LogP contribution is 2.36. The Labute approximate surface area is 194 Å². The number of Topliss-reactive ketones (excluding diaryl/α,β-unsaturated/α-hetero) is 1. The monoisotopic (exact) mass is 458 g/mol. The zero-order valence-electron chi connectivity index (χ0n) is 19.2. The summed E-state index contributed by atoms with van der Waals surface area (Å²) in [7, 11) is 4.96. The van der Waals surface area contributed by atoms with Crippen LogP contribution in [0.1, 0.15) is 55.1 Å². The highest BCUT2D eigenvalue weighted by atomic mass is 35.5. The third kappa shape index (κ3) is 5.97. The van der Waals surface area contributed by atoms with Gasteiger partial charge in [0.15, 0.2) is 0 Å². The van der Waals surface area contributed by atoms with Crippen LogP contribution in [0.25, 0.3) is 0 Å². The topological polar surface area (TPSA) is 84.4 Å². The van der Waals surface area contributed by atoms with Crippen LogP contribution in [-0.2, 0) is 11.2 Å². The Morgan fingerprint density at radius 2 is 1.94 bits per heavy atom. The molecule has 3 rings (SSSR count). The normalized spacial score (nSPS) is 18.2. The molecule has 172 valence electrons. The zero-order chi connectivity index (χ0) is 23.3. The van der Waals surface area contributed by atoms with Gasteiger partial charge in [-0.2, -0.15) is 0 Å². The summed E-state index contributed by atoms with van der Waals surface area (Å²) in [6, 6.07) is 5.20. The minimum Gasteiger partial charge on any atom is -0.495 e. The number of carbonyl (C=O) groups is 2. The van der Waals surface area contributed by atoms with Crippen LogP contribution in [0, 0.1) is 11.8 Å². The van der Waals surface area contributed by atoms with Crippen LogP contribution in [0.5, 0.6) is 5.75 Å². The van der Waals surface area contributed by atoms with Gasteiger partial charge in [0, 0.05) is 26.1 Å². The second-order valence-electron chi connectivity index (χ2n) is 8.64. The Hall–Kier alpha value is -2.67. The van der Waals surface area contributed by atoms with Gasteiger partial charge in [-0.3, -0.25) is 4.79 Å². The lowest BCUT2D eigenvalue weighted by molar-refractivity contribution is -0.118. The van der Waals surface area contributed by atoms with E-state index in [1.165, 1.54) is 17.7 Å². The number of rotatable bonds is 8. The van der Waals surface area contributed by atoms with Crippen molar-refractivity contribution in [2.75, 3.05) is 26.5 Å². The number of nitrogens with one attached hydrogen (secondary N) is 1. The molecule has 8 heteroatoms. The maximum absolute atomic E-state index is 12.2. The van der Waals surface area contributed by atoms with Gasteiger partial charge in [0.2, 0.25) is 5.95 Å². The lowest BCUT2D eigenvalue weighted by Crippen LogP contribution is -2.24. The summed E-state index contributed by atoms with van der Waals surface area (Å²) in [6.45, 7) is 1.66. The first-order valence-corrected chi connectivity index (χ1v) is 11.3. The number of nitrogens with zero attached hydrogens (tertiary/aromatic N) is 3. The molecule has 1 amide bonds. The van der Waals surface area contributed by atoms with E-state index in [-0.39, 0.29) is 11.7 Å². The van der Waals surface area contributed by atoms with E-state index in [1.807, 2.05) is 0 Å². The fraction of sp³-hybridized carbons (Fsp3) is 0.500. The Bertz CT molecular complexity index is 980. The summed E-state index contributed by atoms with van der Waals surface area (Å²) in [5.41, 5.74) is 1.97. The van der Waals surface area contributed by atoms with Crippen LogP contribution in [0.2, 0.25) is 5.02 Å². The lowest BCUT2D eigenvalue weighted by Gasteiger charge is -2.31. The molecule has 0 bridgehead atoms. The Morgan fingerprint density at radius 3 is 2.59 bits per heavy atom. The number of benzene rings is 1. The number of methoxy groups -OCH3 is 1. The van der Waals surface area contributed by atoms with Crippen LogP contribution in [0.4, 0.5) is 11.6 Å². The molecule has 1 fully saturated rings. The molecule has 0 aliphatic heterocycles. The largest absolute Gasteiger partial charge is 0.495 e. The number of hydrogen-bond acceptors (Lipinski definition) is 6. The van der Waals surface area contributed by atoms with Crippen molar-refractivity contribution in [1.29, 1.82) is 0 Å². The summed E-state index contributed by atoms with van der Waals surface area (Å²) < 4.78 is 5.47. The minimum atomic E-state index is -0.104. The first-order valence-electron chi connectivity index (χ1n) is 11.0. The third-order valence-electron chi connectivity index (χ3n) is 5.99. The summed E-state index contributed by atoms with van der Waals surface area (Å²) in [4.78, 5) is 34.4. The second-order valence-corrected chi connectivity index (χ2v) is 9.05. The molecule has 1 aliphatic rings. The van der Waals surface area contributed by atoms with Gasteiger partial charge in [-0.15, -0.1) is 0 Å². The van der Waals surface area contributed by atoms with Crippen molar-refractivity contribution in [1.82, 2.24) is 14.9 Å². The van der Waals surface area contributed by atoms with Crippen molar-refractivity contribution in [2.24, 2.45) is 11.8 Å². The molecule has 32 heavy (non-hydrogen) atoms. The smallest absolute Gasteiger partial charge is 0.253 e. The van der Waals surface area contributed by atoms with Crippen LogP contribution < -0.4 is 10.1 Å². The number of carbonyl (C=O) groups excluding carboxylic acids is 2. The quantitative estimate of drug-likeness (QED) is 0.604. The highest BCUT2D eigenvalue weighted by molar-refractivity contribution is 6.31. The van der Waals surface area contributed by atoms with Crippen LogP contribution >= 0.6 is 11.6 Å². The maximum atomic E-state index is 12.2. The minimum absolute atomic E-state index is 0.104. The highest BCUT2D eigenvalue weighted by Gasteiger charge is 2.27. The number of amides is 1. The number of ether oxygens (including phenoxy) is 1. The first-order chi connectivity index (χ1) is 15.3. The Balaban J connectivity index is 1.80. The van der Waals surface area contributed by atoms with E-state index >= 15 is 0 Å². The molecule has 0 unspecified atom stereocenters. The zero-order valence-corrected chi connectivity index (χ0v) is 19.9. The fourth-order valence-electron chi connectivity index (χ4n) is 4.35. The van der Waals surface area contributed by atoms with Gasteiger partial charge in [0.05, 0.1) is 29.7 Å². The molecule has 1 aliphatic carbocycles. The molecule has 2 atom stereocenters. The fourth-order valence-corrected chi connectivity index (χ4v) is 4.52. The van der Waals surface area contributed by atoms with Gasteiger partial charge in [-0.25, -0.2) is 9.97 Å². The van der Waals surface area contributed by atoms with Gasteiger partial charge in [0.25, 0.3) is 5.91 Å². The van der Waals surface area contributed by atoms with E-state index in [2.05, 4.69) is 15.3 Å². The molecule has 1 N–H and O–H groups in total. The average molecular weight is 459 g/mol. The molecule has 1 aromatic carbocycles. The van der Waals surface area contributed by atoms with Crippen LogP contribution in [0.15, 0.2) is 24.4 Å². The number of ketones is 1. The van der Waals surface area contributed by atoms with Gasteiger partial charge < -0.3 is 19.7 Å². The summed E-state index contributed by atoms with van der Waals surface area (Å²) in [5.74, 6) is 1.83. The standard InChI is InChI=1S/C24H31ClN4O3/c1-15(30)11-16-7-5-6-8-17(16)12-21-19(25)14-26-24(28-21)27-20-10-9-18(13-22(20)32-4)23(31)29(2)3/h9-10,13-14,16-17H,5-8,11-12H2,1-4H3,(H,26,27,28)/t16-,17-/m0/s1. The average Bonchev–Trinajstić information content (AvgIpc) is 2.76.